The number of benzene rings is 1. The second-order valence-electron chi connectivity index (χ2n) is 3.75. The first-order chi connectivity index (χ1) is 8.19. The molecule has 1 aromatic heterocycles. The molecule has 1 aromatic carbocycles. The SMILES string of the molecule is CNCc1ccc(Sc2cnn(C)c2)c(Cl)c1. The molecule has 0 atom stereocenters. The summed E-state index contributed by atoms with van der Waals surface area (Å²) in [5, 5.41) is 8.02. The normalized spacial score (nSPS) is 10.8. The molecule has 5 heteroatoms. The fourth-order valence-electron chi connectivity index (χ4n) is 1.52. The lowest BCUT2D eigenvalue weighted by atomic mass is 10.2. The van der Waals surface area contributed by atoms with Gasteiger partial charge in [-0.3, -0.25) is 4.68 Å². The van der Waals surface area contributed by atoms with Crippen LogP contribution in [0.25, 0.3) is 0 Å². The van der Waals surface area contributed by atoms with E-state index >= 15 is 0 Å². The van der Waals surface area contributed by atoms with Gasteiger partial charge in [-0.05, 0) is 24.7 Å². The summed E-state index contributed by atoms with van der Waals surface area (Å²) in [4.78, 5) is 2.15. The predicted octanol–water partition coefficient (Wildman–Crippen LogP) is 2.94. The van der Waals surface area contributed by atoms with E-state index < -0.39 is 0 Å². The van der Waals surface area contributed by atoms with Gasteiger partial charge in [0.25, 0.3) is 0 Å². The molecule has 1 heterocycles. The Labute approximate surface area is 110 Å². The van der Waals surface area contributed by atoms with Crippen LogP contribution in [0.2, 0.25) is 5.02 Å². The van der Waals surface area contributed by atoms with E-state index in [9.17, 15) is 0 Å². The third-order valence-electron chi connectivity index (χ3n) is 2.29. The first-order valence-corrected chi connectivity index (χ1v) is 6.48. The van der Waals surface area contributed by atoms with Gasteiger partial charge in [-0.15, -0.1) is 0 Å². The molecule has 0 saturated carbocycles. The highest BCUT2D eigenvalue weighted by Gasteiger charge is 2.05. The molecular weight excluding hydrogens is 254 g/mol. The Hall–Kier alpha value is -0.970. The lowest BCUT2D eigenvalue weighted by Crippen LogP contribution is -2.04. The summed E-state index contributed by atoms with van der Waals surface area (Å²) in [7, 11) is 3.83. The number of aryl methyl sites for hydroxylation is 1. The zero-order chi connectivity index (χ0) is 12.3. The summed E-state index contributed by atoms with van der Waals surface area (Å²) in [6, 6.07) is 6.13. The Morgan fingerprint density at radius 1 is 1.47 bits per heavy atom. The average Bonchev–Trinajstić information content (AvgIpc) is 2.69. The largest absolute Gasteiger partial charge is 0.316 e. The van der Waals surface area contributed by atoms with Crippen molar-refractivity contribution in [3.05, 3.63) is 41.2 Å². The van der Waals surface area contributed by atoms with E-state index in [1.165, 1.54) is 5.56 Å². The van der Waals surface area contributed by atoms with Gasteiger partial charge in [-0.1, -0.05) is 29.4 Å². The van der Waals surface area contributed by atoms with Gasteiger partial charge in [0.1, 0.15) is 0 Å². The van der Waals surface area contributed by atoms with Gasteiger partial charge in [0.15, 0.2) is 0 Å². The van der Waals surface area contributed by atoms with E-state index in [4.69, 9.17) is 11.6 Å². The smallest absolute Gasteiger partial charge is 0.0629 e. The number of nitrogens with zero attached hydrogens (tertiary/aromatic N) is 2. The van der Waals surface area contributed by atoms with E-state index in [1.807, 2.05) is 38.6 Å². The molecule has 0 aliphatic rings. The van der Waals surface area contributed by atoms with Crippen molar-refractivity contribution in [3.8, 4) is 0 Å². The summed E-state index contributed by atoms with van der Waals surface area (Å²) >= 11 is 7.87. The van der Waals surface area contributed by atoms with Crippen molar-refractivity contribution in [2.75, 3.05) is 7.05 Å². The maximum absolute atomic E-state index is 6.25. The fraction of sp³-hybridized carbons (Fsp3) is 0.250. The monoisotopic (exact) mass is 267 g/mol. The van der Waals surface area contributed by atoms with Crippen LogP contribution in [0.3, 0.4) is 0 Å². The Morgan fingerprint density at radius 3 is 2.88 bits per heavy atom. The van der Waals surface area contributed by atoms with E-state index in [1.54, 1.807) is 16.4 Å². The van der Waals surface area contributed by atoms with Crippen molar-refractivity contribution >= 4 is 23.4 Å². The first-order valence-electron chi connectivity index (χ1n) is 5.28. The lowest BCUT2D eigenvalue weighted by Gasteiger charge is -2.05. The molecule has 0 radical (unpaired) electrons. The molecule has 0 fully saturated rings. The molecule has 2 rings (SSSR count). The minimum Gasteiger partial charge on any atom is -0.316 e. The molecule has 1 N–H and O–H groups in total. The Kier molecular flexibility index (Phi) is 4.10. The summed E-state index contributed by atoms with van der Waals surface area (Å²) < 4.78 is 1.78. The lowest BCUT2D eigenvalue weighted by molar-refractivity contribution is 0.766. The molecule has 0 aliphatic carbocycles. The quantitative estimate of drug-likeness (QED) is 0.924. The first kappa shape index (κ1) is 12.5. The van der Waals surface area contributed by atoms with Crippen LogP contribution < -0.4 is 5.32 Å². The average molecular weight is 268 g/mol. The summed E-state index contributed by atoms with van der Waals surface area (Å²) in [5.41, 5.74) is 1.19. The second-order valence-corrected chi connectivity index (χ2v) is 5.27. The van der Waals surface area contributed by atoms with Gasteiger partial charge >= 0.3 is 0 Å². The van der Waals surface area contributed by atoms with Crippen LogP contribution in [0.15, 0.2) is 40.4 Å². The van der Waals surface area contributed by atoms with Crippen LogP contribution in [0, 0.1) is 0 Å². The van der Waals surface area contributed by atoms with Gasteiger partial charge in [0, 0.05) is 24.7 Å². The second kappa shape index (κ2) is 5.58. The summed E-state index contributed by atoms with van der Waals surface area (Å²) in [5.74, 6) is 0. The van der Waals surface area contributed by atoms with Crippen LogP contribution in [0.5, 0.6) is 0 Å². The molecule has 0 saturated heterocycles. The fourth-order valence-corrected chi connectivity index (χ4v) is 2.69. The van der Waals surface area contributed by atoms with E-state index in [-0.39, 0.29) is 0 Å². The van der Waals surface area contributed by atoms with Crippen molar-refractivity contribution in [3.63, 3.8) is 0 Å². The minimum absolute atomic E-state index is 0.784. The predicted molar refractivity (Wildman–Crippen MR) is 71.5 cm³/mol. The molecule has 3 nitrogen and oxygen atoms in total. The van der Waals surface area contributed by atoms with Crippen molar-refractivity contribution in [1.82, 2.24) is 15.1 Å². The molecule has 0 bridgehead atoms. The van der Waals surface area contributed by atoms with Crippen molar-refractivity contribution in [2.24, 2.45) is 7.05 Å². The molecule has 0 unspecified atom stereocenters. The van der Waals surface area contributed by atoms with Gasteiger partial charge in [0.05, 0.1) is 16.1 Å². The number of hydrogen-bond donors (Lipinski definition) is 1. The zero-order valence-corrected chi connectivity index (χ0v) is 11.3. The van der Waals surface area contributed by atoms with Gasteiger partial charge in [-0.25, -0.2) is 0 Å². The third-order valence-corrected chi connectivity index (χ3v) is 3.73. The maximum atomic E-state index is 6.25. The molecule has 0 aliphatic heterocycles. The Bertz CT molecular complexity index is 510. The zero-order valence-electron chi connectivity index (χ0n) is 9.77. The highest BCUT2D eigenvalue weighted by Crippen LogP contribution is 2.33. The molecule has 0 amide bonds. The van der Waals surface area contributed by atoms with Gasteiger partial charge in [0.2, 0.25) is 0 Å². The number of aromatic nitrogens is 2. The summed E-state index contributed by atoms with van der Waals surface area (Å²) in [6.07, 6.45) is 3.81. The minimum atomic E-state index is 0.784. The van der Waals surface area contributed by atoms with Crippen molar-refractivity contribution < 1.29 is 0 Å². The Balaban J connectivity index is 2.16. The van der Waals surface area contributed by atoms with Crippen LogP contribution in [0.4, 0.5) is 0 Å². The van der Waals surface area contributed by atoms with Crippen LogP contribution >= 0.6 is 23.4 Å². The number of halogens is 1. The van der Waals surface area contributed by atoms with Crippen molar-refractivity contribution in [2.45, 2.75) is 16.3 Å². The summed E-state index contributed by atoms with van der Waals surface area (Å²) in [6.45, 7) is 0.831. The molecule has 17 heavy (non-hydrogen) atoms. The standard InChI is InChI=1S/C12H14ClN3S/c1-14-6-9-3-4-12(11(13)5-9)17-10-7-15-16(2)8-10/h3-5,7-8,14H,6H2,1-2H3. The van der Waals surface area contributed by atoms with Crippen LogP contribution in [-0.4, -0.2) is 16.8 Å². The topological polar surface area (TPSA) is 29.9 Å². The molecule has 90 valence electrons. The van der Waals surface area contributed by atoms with E-state index in [2.05, 4.69) is 16.5 Å². The number of nitrogens with one attached hydrogen (secondary N) is 1. The van der Waals surface area contributed by atoms with Crippen LogP contribution in [-0.2, 0) is 13.6 Å². The van der Waals surface area contributed by atoms with Gasteiger partial charge < -0.3 is 5.32 Å². The third kappa shape index (κ3) is 3.25. The number of rotatable bonds is 4. The van der Waals surface area contributed by atoms with Crippen molar-refractivity contribution in [1.29, 1.82) is 0 Å². The van der Waals surface area contributed by atoms with E-state index in [0.29, 0.717) is 0 Å². The Morgan fingerprint density at radius 2 is 2.29 bits per heavy atom. The highest BCUT2D eigenvalue weighted by atomic mass is 35.5. The maximum Gasteiger partial charge on any atom is 0.0629 e. The van der Waals surface area contributed by atoms with Gasteiger partial charge in [-0.2, -0.15) is 5.10 Å². The number of hydrogen-bond acceptors (Lipinski definition) is 3. The van der Waals surface area contributed by atoms with Crippen LogP contribution in [0.1, 0.15) is 5.56 Å². The molecule has 2 aromatic rings. The highest BCUT2D eigenvalue weighted by molar-refractivity contribution is 7.99. The molecule has 0 spiro atoms. The molecular formula is C12H14ClN3S. The van der Waals surface area contributed by atoms with E-state index in [0.717, 1.165) is 21.4 Å².